The maximum atomic E-state index is 12.0. The van der Waals surface area contributed by atoms with Gasteiger partial charge in [-0.3, -0.25) is 4.79 Å². The molecule has 2 fully saturated rings. The summed E-state index contributed by atoms with van der Waals surface area (Å²) in [4.78, 5) is 17.9. The van der Waals surface area contributed by atoms with Crippen LogP contribution in [-0.2, 0) is 21.2 Å². The third-order valence-electron chi connectivity index (χ3n) is 4.50. The topological polar surface area (TPSA) is 85.3 Å². The van der Waals surface area contributed by atoms with Crippen LogP contribution in [-0.4, -0.2) is 61.4 Å². The summed E-state index contributed by atoms with van der Waals surface area (Å²) in [6.45, 7) is 2.22. The number of carbonyl (C=O) groups excluding carboxylic acids is 1. The van der Waals surface area contributed by atoms with Crippen molar-refractivity contribution in [2.45, 2.75) is 31.2 Å². The first-order valence-electron chi connectivity index (χ1n) is 8.33. The van der Waals surface area contributed by atoms with Crippen LogP contribution in [0.3, 0.4) is 0 Å². The van der Waals surface area contributed by atoms with E-state index in [1.54, 1.807) is 21.1 Å². The zero-order valence-corrected chi connectivity index (χ0v) is 16.6. The van der Waals surface area contributed by atoms with Crippen molar-refractivity contribution < 1.29 is 22.7 Å². The SMILES string of the molecule is CCC(=O)N=C1SC2CS(=O)(=O)CC2N1Cc1ccc(OC)c(OC)c1. The highest BCUT2D eigenvalue weighted by molar-refractivity contribution is 8.15. The summed E-state index contributed by atoms with van der Waals surface area (Å²) in [5, 5.41) is 0.528. The van der Waals surface area contributed by atoms with Crippen LogP contribution < -0.4 is 9.47 Å². The smallest absolute Gasteiger partial charge is 0.247 e. The zero-order valence-electron chi connectivity index (χ0n) is 15.0. The van der Waals surface area contributed by atoms with E-state index in [4.69, 9.17) is 9.47 Å². The molecule has 2 aliphatic rings. The standard InChI is InChI=1S/C17H22N2O5S2/c1-4-16(20)18-17-19(12-9-26(21,22)10-15(12)25-17)8-11-5-6-13(23-2)14(7-11)24-3/h5-7,12,15H,4,8-10H2,1-3H3. The van der Waals surface area contributed by atoms with E-state index >= 15 is 0 Å². The Morgan fingerprint density at radius 3 is 2.65 bits per heavy atom. The highest BCUT2D eigenvalue weighted by atomic mass is 32.2. The van der Waals surface area contributed by atoms with Crippen LogP contribution in [0.1, 0.15) is 18.9 Å². The third kappa shape index (κ3) is 3.83. The number of hydrogen-bond acceptors (Lipinski definition) is 6. The van der Waals surface area contributed by atoms with Crippen molar-refractivity contribution >= 4 is 32.7 Å². The number of aliphatic imine (C=N–C) groups is 1. The van der Waals surface area contributed by atoms with Crippen LogP contribution in [0.25, 0.3) is 0 Å². The average molecular weight is 399 g/mol. The molecule has 1 amide bonds. The Balaban J connectivity index is 1.90. The Labute approximate surface area is 157 Å². The van der Waals surface area contributed by atoms with Crippen molar-refractivity contribution in [3.8, 4) is 11.5 Å². The van der Waals surface area contributed by atoms with E-state index in [-0.39, 0.29) is 28.7 Å². The largest absolute Gasteiger partial charge is 0.493 e. The number of fused-ring (bicyclic) bond motifs is 1. The summed E-state index contributed by atoms with van der Waals surface area (Å²) in [5.41, 5.74) is 0.935. The number of nitrogens with zero attached hydrogens (tertiary/aromatic N) is 2. The summed E-state index contributed by atoms with van der Waals surface area (Å²) < 4.78 is 34.7. The van der Waals surface area contributed by atoms with E-state index in [0.29, 0.717) is 29.6 Å². The molecule has 0 aliphatic carbocycles. The summed E-state index contributed by atoms with van der Waals surface area (Å²) >= 11 is 1.39. The van der Waals surface area contributed by atoms with Gasteiger partial charge in [0.25, 0.3) is 0 Å². The minimum Gasteiger partial charge on any atom is -0.493 e. The maximum absolute atomic E-state index is 12.0. The van der Waals surface area contributed by atoms with Crippen molar-refractivity contribution in [2.75, 3.05) is 25.7 Å². The molecule has 2 unspecified atom stereocenters. The first-order valence-corrected chi connectivity index (χ1v) is 11.0. The van der Waals surface area contributed by atoms with Gasteiger partial charge in [-0.05, 0) is 17.7 Å². The van der Waals surface area contributed by atoms with Gasteiger partial charge in [0.15, 0.2) is 26.5 Å². The molecule has 0 aromatic heterocycles. The van der Waals surface area contributed by atoms with Crippen molar-refractivity contribution in [3.05, 3.63) is 23.8 Å². The molecule has 0 bridgehead atoms. The lowest BCUT2D eigenvalue weighted by Gasteiger charge is -2.24. The van der Waals surface area contributed by atoms with Crippen LogP contribution in [0.5, 0.6) is 11.5 Å². The normalized spacial score (nSPS) is 25.3. The van der Waals surface area contributed by atoms with Gasteiger partial charge in [0.05, 0.1) is 31.8 Å². The number of amides is 1. The number of thioether (sulfide) groups is 1. The summed E-state index contributed by atoms with van der Waals surface area (Å²) in [6, 6.07) is 5.41. The second kappa shape index (κ2) is 7.48. The molecule has 1 aromatic rings. The molecule has 142 valence electrons. The highest BCUT2D eigenvalue weighted by Crippen LogP contribution is 2.39. The van der Waals surface area contributed by atoms with Crippen molar-refractivity contribution in [1.29, 1.82) is 0 Å². The van der Waals surface area contributed by atoms with Gasteiger partial charge < -0.3 is 14.4 Å². The van der Waals surface area contributed by atoms with Crippen LogP contribution in [0.4, 0.5) is 0 Å². The lowest BCUT2D eigenvalue weighted by molar-refractivity contribution is -0.117. The molecule has 2 atom stereocenters. The molecule has 1 aromatic carbocycles. The predicted molar refractivity (Wildman–Crippen MR) is 102 cm³/mol. The van der Waals surface area contributed by atoms with Crippen LogP contribution in [0.2, 0.25) is 0 Å². The first-order chi connectivity index (χ1) is 12.4. The summed E-state index contributed by atoms with van der Waals surface area (Å²) in [5.74, 6) is 1.26. The lowest BCUT2D eigenvalue weighted by atomic mass is 10.1. The minimum atomic E-state index is -3.06. The van der Waals surface area contributed by atoms with E-state index in [0.717, 1.165) is 5.56 Å². The summed E-state index contributed by atoms with van der Waals surface area (Å²) in [7, 11) is 0.0835. The monoisotopic (exact) mass is 398 g/mol. The van der Waals surface area contributed by atoms with Crippen LogP contribution >= 0.6 is 11.8 Å². The number of rotatable bonds is 5. The Morgan fingerprint density at radius 2 is 2.00 bits per heavy atom. The first kappa shape index (κ1) is 19.0. The molecule has 26 heavy (non-hydrogen) atoms. The molecule has 2 heterocycles. The molecule has 0 radical (unpaired) electrons. The fourth-order valence-electron chi connectivity index (χ4n) is 3.18. The average Bonchev–Trinajstić information content (AvgIpc) is 3.07. The molecule has 0 spiro atoms. The molecule has 2 saturated heterocycles. The maximum Gasteiger partial charge on any atom is 0.247 e. The molecule has 0 saturated carbocycles. The van der Waals surface area contributed by atoms with Gasteiger partial charge in [0, 0.05) is 18.2 Å². The fourth-order valence-corrected chi connectivity index (χ4v) is 7.15. The predicted octanol–water partition coefficient (Wildman–Crippen LogP) is 1.71. The van der Waals surface area contributed by atoms with Crippen molar-refractivity contribution in [1.82, 2.24) is 4.90 Å². The van der Waals surface area contributed by atoms with Gasteiger partial charge in [0.1, 0.15) is 0 Å². The Kier molecular flexibility index (Phi) is 5.47. The second-order valence-electron chi connectivity index (χ2n) is 6.26. The van der Waals surface area contributed by atoms with Gasteiger partial charge in [-0.2, -0.15) is 4.99 Å². The summed E-state index contributed by atoms with van der Waals surface area (Å²) in [6.07, 6.45) is 0.321. The van der Waals surface area contributed by atoms with E-state index in [2.05, 4.69) is 4.99 Å². The number of benzene rings is 1. The Morgan fingerprint density at radius 1 is 1.27 bits per heavy atom. The van der Waals surface area contributed by atoms with E-state index in [1.807, 2.05) is 23.1 Å². The van der Waals surface area contributed by atoms with Gasteiger partial charge in [-0.1, -0.05) is 24.8 Å². The molecule has 9 heteroatoms. The van der Waals surface area contributed by atoms with Gasteiger partial charge in [0.2, 0.25) is 5.91 Å². The highest BCUT2D eigenvalue weighted by Gasteiger charge is 2.48. The number of ether oxygens (including phenoxy) is 2. The minimum absolute atomic E-state index is 0.0800. The zero-order chi connectivity index (χ0) is 18.9. The number of methoxy groups -OCH3 is 2. The second-order valence-corrected chi connectivity index (χ2v) is 9.62. The molecule has 0 N–H and O–H groups in total. The van der Waals surface area contributed by atoms with E-state index in [1.165, 1.54) is 11.8 Å². The third-order valence-corrected chi connectivity index (χ3v) is 7.75. The molecule has 7 nitrogen and oxygen atoms in total. The number of hydrogen-bond donors (Lipinski definition) is 0. The van der Waals surface area contributed by atoms with Crippen molar-refractivity contribution in [2.24, 2.45) is 4.99 Å². The van der Waals surface area contributed by atoms with Gasteiger partial charge in [-0.25, -0.2) is 8.42 Å². The van der Waals surface area contributed by atoms with Gasteiger partial charge in [-0.15, -0.1) is 0 Å². The van der Waals surface area contributed by atoms with Crippen LogP contribution in [0, 0.1) is 0 Å². The van der Waals surface area contributed by atoms with Crippen LogP contribution in [0.15, 0.2) is 23.2 Å². The molecule has 3 rings (SSSR count). The quantitative estimate of drug-likeness (QED) is 0.746. The van der Waals surface area contributed by atoms with Crippen molar-refractivity contribution in [3.63, 3.8) is 0 Å². The number of carbonyl (C=O) groups is 1. The molecular weight excluding hydrogens is 376 g/mol. The number of amidine groups is 1. The van der Waals surface area contributed by atoms with Gasteiger partial charge >= 0.3 is 0 Å². The fraction of sp³-hybridized carbons (Fsp3) is 0.529. The number of sulfone groups is 1. The lowest BCUT2D eigenvalue weighted by Crippen LogP contribution is -2.37. The molecular formula is C17H22N2O5S2. The van der Waals surface area contributed by atoms with E-state index in [9.17, 15) is 13.2 Å². The Hall–Kier alpha value is -1.74. The van der Waals surface area contributed by atoms with E-state index < -0.39 is 9.84 Å². The Bertz CT molecular complexity index is 838. The molecule has 2 aliphatic heterocycles.